The Bertz CT molecular complexity index is 838. The van der Waals surface area contributed by atoms with Gasteiger partial charge in [-0.2, -0.15) is 0 Å². The van der Waals surface area contributed by atoms with E-state index >= 15 is 0 Å². The minimum atomic E-state index is 0.662. The molecule has 3 heteroatoms. The van der Waals surface area contributed by atoms with E-state index < -0.39 is 0 Å². The number of nitrogens with zero attached hydrogens (tertiary/aromatic N) is 3. The number of benzene rings is 2. The van der Waals surface area contributed by atoms with Gasteiger partial charge >= 0.3 is 0 Å². The van der Waals surface area contributed by atoms with Crippen LogP contribution in [0.3, 0.4) is 0 Å². The van der Waals surface area contributed by atoms with Gasteiger partial charge < -0.3 is 0 Å². The Kier molecular flexibility index (Phi) is 2.42. The summed E-state index contributed by atoms with van der Waals surface area (Å²) in [4.78, 5) is 13.4. The molecular formula is C17H11N3. The Balaban J connectivity index is 1.91. The van der Waals surface area contributed by atoms with Gasteiger partial charge in [0.05, 0.1) is 5.52 Å². The van der Waals surface area contributed by atoms with Gasteiger partial charge in [0.15, 0.2) is 5.82 Å². The normalized spacial score (nSPS) is 11.0. The van der Waals surface area contributed by atoms with E-state index in [1.165, 1.54) is 0 Å². The van der Waals surface area contributed by atoms with Crippen molar-refractivity contribution in [2.75, 3.05) is 0 Å². The fraction of sp³-hybridized carbons (Fsp3) is 0. The summed E-state index contributed by atoms with van der Waals surface area (Å²) in [5, 5.41) is 3.31. The van der Waals surface area contributed by atoms with Crippen molar-refractivity contribution in [3.63, 3.8) is 0 Å². The van der Waals surface area contributed by atoms with Crippen LogP contribution >= 0.6 is 0 Å². The highest BCUT2D eigenvalue weighted by Crippen LogP contribution is 2.20. The second-order valence-corrected chi connectivity index (χ2v) is 4.67. The van der Waals surface area contributed by atoms with Crippen LogP contribution in [0.5, 0.6) is 0 Å². The molecule has 0 radical (unpaired) electrons. The molecule has 0 fully saturated rings. The summed E-state index contributed by atoms with van der Waals surface area (Å²) in [6.45, 7) is 0. The highest BCUT2D eigenvalue weighted by atomic mass is 14.9. The first-order chi connectivity index (χ1) is 9.90. The summed E-state index contributed by atoms with van der Waals surface area (Å²) >= 11 is 0. The average molecular weight is 257 g/mol. The highest BCUT2D eigenvalue weighted by molar-refractivity contribution is 5.85. The van der Waals surface area contributed by atoms with Crippen LogP contribution in [0.1, 0.15) is 0 Å². The van der Waals surface area contributed by atoms with Crippen LogP contribution < -0.4 is 0 Å². The first kappa shape index (κ1) is 11.1. The molecule has 0 aliphatic rings. The van der Waals surface area contributed by atoms with E-state index in [0.717, 1.165) is 27.4 Å². The van der Waals surface area contributed by atoms with Crippen molar-refractivity contribution in [2.45, 2.75) is 0 Å². The van der Waals surface area contributed by atoms with Crippen LogP contribution in [0.4, 0.5) is 0 Å². The van der Waals surface area contributed by atoms with Crippen molar-refractivity contribution in [3.8, 4) is 11.5 Å². The zero-order valence-electron chi connectivity index (χ0n) is 10.7. The van der Waals surface area contributed by atoms with Crippen molar-refractivity contribution >= 4 is 21.7 Å². The van der Waals surface area contributed by atoms with Crippen molar-refractivity contribution in [2.24, 2.45) is 0 Å². The number of fused-ring (bicyclic) bond motifs is 2. The summed E-state index contributed by atoms with van der Waals surface area (Å²) in [5.41, 5.74) is 1.74. The average Bonchev–Trinajstić information content (AvgIpc) is 2.54. The molecule has 0 saturated heterocycles. The molecule has 0 bridgehead atoms. The Hall–Kier alpha value is -2.81. The number of aromatic nitrogens is 3. The zero-order chi connectivity index (χ0) is 13.4. The maximum absolute atomic E-state index is 4.58. The van der Waals surface area contributed by atoms with E-state index in [4.69, 9.17) is 0 Å². The van der Waals surface area contributed by atoms with Crippen LogP contribution in [0.25, 0.3) is 33.2 Å². The SMILES string of the molecule is c1ccc2cc(-c3ncc4ccccc4n3)ncc2c1. The predicted molar refractivity (Wildman–Crippen MR) is 80.3 cm³/mol. The lowest BCUT2D eigenvalue weighted by Crippen LogP contribution is -1.92. The molecule has 94 valence electrons. The van der Waals surface area contributed by atoms with E-state index in [1.807, 2.05) is 60.9 Å². The molecule has 0 aliphatic heterocycles. The third kappa shape index (κ3) is 1.80. The third-order valence-electron chi connectivity index (χ3n) is 3.35. The smallest absolute Gasteiger partial charge is 0.178 e. The first-order valence-electron chi connectivity index (χ1n) is 6.47. The van der Waals surface area contributed by atoms with Crippen LogP contribution in [-0.2, 0) is 0 Å². The summed E-state index contributed by atoms with van der Waals surface area (Å²) in [5.74, 6) is 0.662. The van der Waals surface area contributed by atoms with Gasteiger partial charge in [0.2, 0.25) is 0 Å². The van der Waals surface area contributed by atoms with E-state index in [0.29, 0.717) is 5.82 Å². The lowest BCUT2D eigenvalue weighted by molar-refractivity contribution is 1.18. The standard InChI is InChI=1S/C17H11N3/c1-2-6-13-10-18-16(9-12(13)5-1)17-19-11-14-7-3-4-8-15(14)20-17/h1-11H. The van der Waals surface area contributed by atoms with E-state index in [-0.39, 0.29) is 0 Å². The third-order valence-corrected chi connectivity index (χ3v) is 3.35. The van der Waals surface area contributed by atoms with E-state index in [1.54, 1.807) is 0 Å². The summed E-state index contributed by atoms with van der Waals surface area (Å²) < 4.78 is 0. The molecule has 0 amide bonds. The number of para-hydroxylation sites is 1. The van der Waals surface area contributed by atoms with Gasteiger partial charge in [-0.1, -0.05) is 42.5 Å². The fourth-order valence-electron chi connectivity index (χ4n) is 2.30. The highest BCUT2D eigenvalue weighted by Gasteiger charge is 2.05. The lowest BCUT2D eigenvalue weighted by atomic mass is 10.1. The molecule has 0 atom stereocenters. The molecule has 0 aliphatic carbocycles. The van der Waals surface area contributed by atoms with Gasteiger partial charge in [-0.3, -0.25) is 4.98 Å². The van der Waals surface area contributed by atoms with Gasteiger partial charge in [0, 0.05) is 23.2 Å². The van der Waals surface area contributed by atoms with Crippen LogP contribution in [0, 0.1) is 0 Å². The molecule has 20 heavy (non-hydrogen) atoms. The summed E-state index contributed by atoms with van der Waals surface area (Å²) in [6, 6.07) is 18.1. The van der Waals surface area contributed by atoms with E-state index in [9.17, 15) is 0 Å². The molecule has 3 nitrogen and oxygen atoms in total. The molecule has 2 heterocycles. The molecule has 4 aromatic rings. The topological polar surface area (TPSA) is 38.7 Å². The lowest BCUT2D eigenvalue weighted by Gasteiger charge is -2.03. The second-order valence-electron chi connectivity index (χ2n) is 4.67. The van der Waals surface area contributed by atoms with Crippen molar-refractivity contribution in [1.29, 1.82) is 0 Å². The van der Waals surface area contributed by atoms with Crippen molar-refractivity contribution in [1.82, 2.24) is 15.0 Å². The molecule has 0 N–H and O–H groups in total. The summed E-state index contributed by atoms with van der Waals surface area (Å²) in [7, 11) is 0. The number of hydrogen-bond acceptors (Lipinski definition) is 3. The number of hydrogen-bond donors (Lipinski definition) is 0. The quantitative estimate of drug-likeness (QED) is 0.520. The van der Waals surface area contributed by atoms with Gasteiger partial charge in [0.25, 0.3) is 0 Å². The van der Waals surface area contributed by atoms with Crippen molar-refractivity contribution < 1.29 is 0 Å². The predicted octanol–water partition coefficient (Wildman–Crippen LogP) is 3.85. The molecular weight excluding hydrogens is 246 g/mol. The molecule has 4 rings (SSSR count). The van der Waals surface area contributed by atoms with Gasteiger partial charge in [-0.25, -0.2) is 9.97 Å². The Morgan fingerprint density at radius 3 is 2.25 bits per heavy atom. The maximum Gasteiger partial charge on any atom is 0.178 e. The molecule has 0 unspecified atom stereocenters. The van der Waals surface area contributed by atoms with Crippen LogP contribution in [0.15, 0.2) is 67.0 Å². The maximum atomic E-state index is 4.58. The van der Waals surface area contributed by atoms with Crippen LogP contribution in [-0.4, -0.2) is 15.0 Å². The van der Waals surface area contributed by atoms with Gasteiger partial charge in [-0.15, -0.1) is 0 Å². The molecule has 2 aromatic carbocycles. The van der Waals surface area contributed by atoms with Crippen molar-refractivity contribution in [3.05, 3.63) is 67.0 Å². The minimum absolute atomic E-state index is 0.662. The molecule has 0 spiro atoms. The Morgan fingerprint density at radius 2 is 1.35 bits per heavy atom. The zero-order valence-corrected chi connectivity index (χ0v) is 10.7. The number of pyridine rings is 1. The van der Waals surface area contributed by atoms with E-state index in [2.05, 4.69) is 21.0 Å². The Labute approximate surface area is 116 Å². The molecule has 2 aromatic heterocycles. The summed E-state index contributed by atoms with van der Waals surface area (Å²) in [6.07, 6.45) is 3.71. The largest absolute Gasteiger partial charge is 0.252 e. The number of rotatable bonds is 1. The monoisotopic (exact) mass is 257 g/mol. The van der Waals surface area contributed by atoms with Gasteiger partial charge in [-0.05, 0) is 17.5 Å². The fourth-order valence-corrected chi connectivity index (χ4v) is 2.30. The first-order valence-corrected chi connectivity index (χ1v) is 6.47. The minimum Gasteiger partial charge on any atom is -0.252 e. The second kappa shape index (κ2) is 4.38. The Morgan fingerprint density at radius 1 is 0.650 bits per heavy atom. The molecule has 0 saturated carbocycles. The van der Waals surface area contributed by atoms with Gasteiger partial charge in [0.1, 0.15) is 5.69 Å². The van der Waals surface area contributed by atoms with Crippen LogP contribution in [0.2, 0.25) is 0 Å².